The maximum atomic E-state index is 12.9. The van der Waals surface area contributed by atoms with Crippen molar-refractivity contribution in [1.29, 1.82) is 0 Å². The first-order chi connectivity index (χ1) is 32.2. The monoisotopic (exact) mass is 933 g/mol. The average molecular weight is 934 g/mol. The number of unbranched alkanes of at least 4 members (excludes halogenated alkanes) is 39. The summed E-state index contributed by atoms with van der Waals surface area (Å²) in [5.74, 6) is 0.851. The summed E-state index contributed by atoms with van der Waals surface area (Å²) in [6.07, 6.45) is 56.6. The molecule has 6 nitrogen and oxygen atoms in total. The van der Waals surface area contributed by atoms with E-state index in [2.05, 4.69) is 34.6 Å². The molecule has 0 fully saturated rings. The Morgan fingerprint density at radius 3 is 0.742 bits per heavy atom. The molecule has 0 heterocycles. The lowest BCUT2D eigenvalue weighted by Gasteiger charge is -2.18. The Morgan fingerprint density at radius 1 is 0.288 bits per heavy atom. The Morgan fingerprint density at radius 2 is 0.500 bits per heavy atom. The normalized spacial score (nSPS) is 12.0. The van der Waals surface area contributed by atoms with Crippen LogP contribution in [0, 0.1) is 11.8 Å². The number of carbonyl (C=O) groups excluding carboxylic acids is 3. The van der Waals surface area contributed by atoms with Crippen LogP contribution in [0.1, 0.15) is 336 Å². The van der Waals surface area contributed by atoms with Gasteiger partial charge in [0, 0.05) is 19.3 Å². The van der Waals surface area contributed by atoms with Crippen LogP contribution < -0.4 is 0 Å². The van der Waals surface area contributed by atoms with E-state index >= 15 is 0 Å². The van der Waals surface area contributed by atoms with Crippen LogP contribution in [0.3, 0.4) is 0 Å². The fraction of sp³-hybridized carbons (Fsp3) is 0.950. The molecule has 0 amide bonds. The molecule has 6 heteroatoms. The lowest BCUT2D eigenvalue weighted by Crippen LogP contribution is -2.30. The lowest BCUT2D eigenvalue weighted by atomic mass is 10.0. The predicted octanol–water partition coefficient (Wildman–Crippen LogP) is 19.7. The second-order valence-electron chi connectivity index (χ2n) is 21.6. The molecule has 0 rings (SSSR count). The Labute approximate surface area is 412 Å². The summed E-state index contributed by atoms with van der Waals surface area (Å²) in [4.78, 5) is 38.2. The number of hydrogen-bond donors (Lipinski definition) is 0. The van der Waals surface area contributed by atoms with E-state index in [4.69, 9.17) is 14.2 Å². The third-order valence-corrected chi connectivity index (χ3v) is 13.7. The van der Waals surface area contributed by atoms with Gasteiger partial charge in [0.05, 0.1) is 0 Å². The lowest BCUT2D eigenvalue weighted by molar-refractivity contribution is -0.167. The Kier molecular flexibility index (Phi) is 51.5. The van der Waals surface area contributed by atoms with Crippen molar-refractivity contribution in [2.24, 2.45) is 11.8 Å². The van der Waals surface area contributed by atoms with Crippen LogP contribution in [-0.2, 0) is 28.6 Å². The highest BCUT2D eigenvalue weighted by molar-refractivity contribution is 5.71. The Bertz CT molecular complexity index is 1010. The molecule has 0 saturated carbocycles. The van der Waals surface area contributed by atoms with Crippen molar-refractivity contribution in [2.45, 2.75) is 343 Å². The molecule has 0 unspecified atom stereocenters. The van der Waals surface area contributed by atoms with Crippen molar-refractivity contribution >= 4 is 17.9 Å². The minimum absolute atomic E-state index is 0.0623. The standard InChI is InChI=1S/C60H116O6/c1-6-7-8-9-10-11-12-13-20-25-30-35-40-45-50-58(61)64-53-57(54-65-59(62)51-46-41-36-31-26-22-17-19-24-29-34-39-44-49-56(4)5)66-60(63)52-47-42-37-32-27-21-16-14-15-18-23-28-33-38-43-48-55(2)3/h55-57H,6-54H2,1-5H3/t57-/m0/s1. The molecule has 0 saturated heterocycles. The van der Waals surface area contributed by atoms with Crippen molar-refractivity contribution in [2.75, 3.05) is 13.2 Å². The molecule has 0 radical (unpaired) electrons. The van der Waals surface area contributed by atoms with Gasteiger partial charge >= 0.3 is 17.9 Å². The number of esters is 3. The van der Waals surface area contributed by atoms with Crippen LogP contribution in [0.5, 0.6) is 0 Å². The molecule has 0 aromatic rings. The molecular formula is C60H116O6. The van der Waals surface area contributed by atoms with E-state index in [9.17, 15) is 14.4 Å². The van der Waals surface area contributed by atoms with Crippen molar-refractivity contribution in [3.63, 3.8) is 0 Å². The van der Waals surface area contributed by atoms with Crippen molar-refractivity contribution in [3.8, 4) is 0 Å². The summed E-state index contributed by atoms with van der Waals surface area (Å²) in [6.45, 7) is 11.4. The third kappa shape index (κ3) is 53.4. The van der Waals surface area contributed by atoms with Gasteiger partial charge in [-0.25, -0.2) is 0 Å². The highest BCUT2D eigenvalue weighted by Crippen LogP contribution is 2.18. The third-order valence-electron chi connectivity index (χ3n) is 13.7. The summed E-state index contributed by atoms with van der Waals surface area (Å²) in [6, 6.07) is 0. The fourth-order valence-corrected chi connectivity index (χ4v) is 9.23. The quantitative estimate of drug-likeness (QED) is 0.0343. The van der Waals surface area contributed by atoms with E-state index < -0.39 is 6.10 Å². The molecule has 0 spiro atoms. The topological polar surface area (TPSA) is 78.9 Å². The van der Waals surface area contributed by atoms with Crippen molar-refractivity contribution in [3.05, 3.63) is 0 Å². The summed E-state index contributed by atoms with van der Waals surface area (Å²) in [5.41, 5.74) is 0. The van der Waals surface area contributed by atoms with Gasteiger partial charge in [-0.05, 0) is 31.1 Å². The SMILES string of the molecule is CCCCCCCCCCCCCCCCC(=O)OC[C@@H](COC(=O)CCCCCCCCCCCCCCCC(C)C)OC(=O)CCCCCCCCCCCCCCCCCC(C)C. The molecule has 0 bridgehead atoms. The summed E-state index contributed by atoms with van der Waals surface area (Å²) in [5, 5.41) is 0. The van der Waals surface area contributed by atoms with Gasteiger partial charge in [-0.3, -0.25) is 14.4 Å². The first-order valence-electron chi connectivity index (χ1n) is 29.7. The highest BCUT2D eigenvalue weighted by atomic mass is 16.6. The summed E-state index contributed by atoms with van der Waals surface area (Å²) < 4.78 is 16.9. The van der Waals surface area contributed by atoms with E-state index in [0.717, 1.165) is 69.6 Å². The summed E-state index contributed by atoms with van der Waals surface area (Å²) >= 11 is 0. The molecule has 0 aromatic carbocycles. The fourth-order valence-electron chi connectivity index (χ4n) is 9.23. The minimum atomic E-state index is -0.763. The average Bonchev–Trinajstić information content (AvgIpc) is 3.29. The minimum Gasteiger partial charge on any atom is -0.462 e. The number of ether oxygens (including phenoxy) is 3. The number of hydrogen-bond acceptors (Lipinski definition) is 6. The van der Waals surface area contributed by atoms with Crippen LogP contribution >= 0.6 is 0 Å². The van der Waals surface area contributed by atoms with Crippen molar-refractivity contribution < 1.29 is 28.6 Å². The summed E-state index contributed by atoms with van der Waals surface area (Å²) in [7, 11) is 0. The second kappa shape index (κ2) is 52.8. The van der Waals surface area contributed by atoms with Crippen LogP contribution in [0.15, 0.2) is 0 Å². The Hall–Kier alpha value is -1.59. The van der Waals surface area contributed by atoms with Gasteiger partial charge in [-0.15, -0.1) is 0 Å². The largest absolute Gasteiger partial charge is 0.462 e. The van der Waals surface area contributed by atoms with Gasteiger partial charge in [0.2, 0.25) is 0 Å². The first-order valence-corrected chi connectivity index (χ1v) is 29.7. The molecule has 0 aliphatic carbocycles. The smallest absolute Gasteiger partial charge is 0.306 e. The van der Waals surface area contributed by atoms with Gasteiger partial charge in [0.15, 0.2) is 6.10 Å². The van der Waals surface area contributed by atoms with E-state index in [1.807, 2.05) is 0 Å². The van der Waals surface area contributed by atoms with E-state index in [-0.39, 0.29) is 31.1 Å². The molecular weight excluding hydrogens is 817 g/mol. The highest BCUT2D eigenvalue weighted by Gasteiger charge is 2.19. The number of carbonyl (C=O) groups is 3. The predicted molar refractivity (Wildman–Crippen MR) is 284 cm³/mol. The van der Waals surface area contributed by atoms with Crippen molar-refractivity contribution in [1.82, 2.24) is 0 Å². The zero-order valence-electron chi connectivity index (χ0n) is 45.3. The zero-order valence-corrected chi connectivity index (χ0v) is 45.3. The zero-order chi connectivity index (χ0) is 48.2. The van der Waals surface area contributed by atoms with Crippen LogP contribution in [0.2, 0.25) is 0 Å². The molecule has 392 valence electrons. The maximum absolute atomic E-state index is 12.9. The van der Waals surface area contributed by atoms with Crippen LogP contribution in [-0.4, -0.2) is 37.2 Å². The maximum Gasteiger partial charge on any atom is 0.306 e. The second-order valence-corrected chi connectivity index (χ2v) is 21.6. The number of rotatable bonds is 54. The Balaban J connectivity index is 4.29. The van der Waals surface area contributed by atoms with E-state index in [0.29, 0.717) is 19.3 Å². The molecule has 0 N–H and O–H groups in total. The van der Waals surface area contributed by atoms with E-state index in [1.165, 1.54) is 225 Å². The molecule has 0 aliphatic rings. The van der Waals surface area contributed by atoms with Crippen LogP contribution in [0.25, 0.3) is 0 Å². The molecule has 66 heavy (non-hydrogen) atoms. The van der Waals surface area contributed by atoms with E-state index in [1.54, 1.807) is 0 Å². The molecule has 0 aromatic heterocycles. The van der Waals surface area contributed by atoms with Gasteiger partial charge < -0.3 is 14.2 Å². The van der Waals surface area contributed by atoms with Gasteiger partial charge in [0.1, 0.15) is 13.2 Å². The first kappa shape index (κ1) is 64.4. The van der Waals surface area contributed by atoms with Gasteiger partial charge in [0.25, 0.3) is 0 Å². The molecule has 1 atom stereocenters. The van der Waals surface area contributed by atoms with Gasteiger partial charge in [-0.1, -0.05) is 298 Å². The molecule has 0 aliphatic heterocycles. The van der Waals surface area contributed by atoms with Gasteiger partial charge in [-0.2, -0.15) is 0 Å². The van der Waals surface area contributed by atoms with Crippen LogP contribution in [0.4, 0.5) is 0 Å².